The summed E-state index contributed by atoms with van der Waals surface area (Å²) in [5, 5.41) is 0. The lowest BCUT2D eigenvalue weighted by atomic mass is 9.61. The molecule has 0 amide bonds. The van der Waals surface area contributed by atoms with Gasteiger partial charge in [-0.1, -0.05) is 47.1 Å². The Morgan fingerprint density at radius 1 is 1.19 bits per heavy atom. The molecule has 1 aliphatic carbocycles. The van der Waals surface area contributed by atoms with Gasteiger partial charge in [-0.25, -0.2) is 0 Å². The Morgan fingerprint density at radius 2 is 1.69 bits per heavy atom. The molecular formula is C15H26O. The first-order chi connectivity index (χ1) is 7.18. The molecule has 0 aliphatic heterocycles. The van der Waals surface area contributed by atoms with E-state index < -0.39 is 0 Å². The monoisotopic (exact) mass is 222 g/mol. The van der Waals surface area contributed by atoms with Crippen LogP contribution in [0.25, 0.3) is 0 Å². The molecule has 0 saturated heterocycles. The highest BCUT2D eigenvalue weighted by molar-refractivity contribution is 5.98. The largest absolute Gasteiger partial charge is 0.295 e. The van der Waals surface area contributed by atoms with Crippen molar-refractivity contribution in [2.75, 3.05) is 0 Å². The first kappa shape index (κ1) is 13.5. The maximum atomic E-state index is 12.2. The summed E-state index contributed by atoms with van der Waals surface area (Å²) < 4.78 is 0. The van der Waals surface area contributed by atoms with Gasteiger partial charge in [0.1, 0.15) is 0 Å². The van der Waals surface area contributed by atoms with Crippen LogP contribution in [0.4, 0.5) is 0 Å². The van der Waals surface area contributed by atoms with Crippen molar-refractivity contribution in [2.45, 2.75) is 54.9 Å². The van der Waals surface area contributed by atoms with Gasteiger partial charge in [0.2, 0.25) is 0 Å². The van der Waals surface area contributed by atoms with Gasteiger partial charge >= 0.3 is 0 Å². The first-order valence-corrected chi connectivity index (χ1v) is 6.42. The van der Waals surface area contributed by atoms with E-state index in [1.54, 1.807) is 0 Å². The molecule has 0 aromatic carbocycles. The van der Waals surface area contributed by atoms with E-state index in [9.17, 15) is 4.79 Å². The Morgan fingerprint density at radius 3 is 2.06 bits per heavy atom. The van der Waals surface area contributed by atoms with Crippen molar-refractivity contribution in [2.24, 2.45) is 23.2 Å². The molecule has 1 nitrogen and oxygen atoms in total. The number of carbonyl (C=O) groups is 1. The third-order valence-electron chi connectivity index (χ3n) is 3.89. The molecule has 0 aromatic heterocycles. The highest BCUT2D eigenvalue weighted by atomic mass is 16.1. The van der Waals surface area contributed by atoms with Crippen LogP contribution in [0.5, 0.6) is 0 Å². The molecular weight excluding hydrogens is 196 g/mol. The van der Waals surface area contributed by atoms with Gasteiger partial charge in [-0.05, 0) is 35.7 Å². The smallest absolute Gasteiger partial charge is 0.159 e. The Kier molecular flexibility index (Phi) is 3.66. The Bertz CT molecular complexity index is 318. The lowest BCUT2D eigenvalue weighted by Gasteiger charge is -2.43. The van der Waals surface area contributed by atoms with Crippen molar-refractivity contribution in [1.82, 2.24) is 0 Å². The zero-order chi connectivity index (χ0) is 12.7. The van der Waals surface area contributed by atoms with E-state index in [0.717, 1.165) is 5.57 Å². The maximum absolute atomic E-state index is 12.2. The predicted molar refractivity (Wildman–Crippen MR) is 69.3 cm³/mol. The average molecular weight is 222 g/mol. The third-order valence-corrected chi connectivity index (χ3v) is 3.89. The van der Waals surface area contributed by atoms with Crippen LogP contribution >= 0.6 is 0 Å². The summed E-state index contributed by atoms with van der Waals surface area (Å²) in [7, 11) is 0. The van der Waals surface area contributed by atoms with Crippen LogP contribution in [0.1, 0.15) is 54.9 Å². The van der Waals surface area contributed by atoms with Gasteiger partial charge in [-0.3, -0.25) is 4.79 Å². The van der Waals surface area contributed by atoms with Crippen molar-refractivity contribution in [3.05, 3.63) is 11.1 Å². The van der Waals surface area contributed by atoms with Gasteiger partial charge in [0.25, 0.3) is 0 Å². The van der Waals surface area contributed by atoms with Gasteiger partial charge in [0.05, 0.1) is 0 Å². The van der Waals surface area contributed by atoms with Crippen LogP contribution in [-0.4, -0.2) is 5.78 Å². The summed E-state index contributed by atoms with van der Waals surface area (Å²) in [6, 6.07) is 0. The van der Waals surface area contributed by atoms with E-state index in [4.69, 9.17) is 0 Å². The third kappa shape index (κ3) is 2.23. The molecule has 0 spiro atoms. The lowest BCUT2D eigenvalue weighted by molar-refractivity contribution is -0.119. The highest BCUT2D eigenvalue weighted by Gasteiger charge is 2.41. The number of ketones is 1. The number of hydrogen-bond donors (Lipinski definition) is 0. The molecule has 0 bridgehead atoms. The lowest BCUT2D eigenvalue weighted by Crippen LogP contribution is -2.38. The van der Waals surface area contributed by atoms with E-state index in [1.165, 1.54) is 5.57 Å². The van der Waals surface area contributed by atoms with Gasteiger partial charge in [-0.15, -0.1) is 0 Å². The molecule has 1 rings (SSSR count). The summed E-state index contributed by atoms with van der Waals surface area (Å²) in [5.41, 5.74) is 2.55. The molecule has 1 atom stereocenters. The van der Waals surface area contributed by atoms with Crippen molar-refractivity contribution in [3.8, 4) is 0 Å². The second kappa shape index (κ2) is 4.35. The fourth-order valence-corrected chi connectivity index (χ4v) is 3.77. The standard InChI is InChI=1S/C15H26O/c1-9(2)13-11(5)14(10(3)4)15(6,7)8-12(13)16/h9-10,14H,8H2,1-7H3. The molecule has 92 valence electrons. The summed E-state index contributed by atoms with van der Waals surface area (Å²) in [5.74, 6) is 1.89. The minimum Gasteiger partial charge on any atom is -0.295 e. The number of hydrogen-bond acceptors (Lipinski definition) is 1. The molecule has 1 aliphatic rings. The summed E-state index contributed by atoms with van der Waals surface area (Å²) in [4.78, 5) is 12.2. The molecule has 1 heteroatoms. The molecule has 0 radical (unpaired) electrons. The van der Waals surface area contributed by atoms with Crippen LogP contribution < -0.4 is 0 Å². The second-order valence-electron chi connectivity index (χ2n) is 6.56. The zero-order valence-electron chi connectivity index (χ0n) is 11.8. The van der Waals surface area contributed by atoms with E-state index in [2.05, 4.69) is 48.5 Å². The SMILES string of the molecule is CC1=C(C(C)C)C(=O)CC(C)(C)C1C(C)C. The normalized spacial score (nSPS) is 25.8. The van der Waals surface area contributed by atoms with Crippen molar-refractivity contribution < 1.29 is 4.79 Å². The molecule has 0 heterocycles. The van der Waals surface area contributed by atoms with Gasteiger partial charge in [0.15, 0.2) is 5.78 Å². The average Bonchev–Trinajstić information content (AvgIpc) is 1.97. The predicted octanol–water partition coefficient (Wildman–Crippen LogP) is 4.23. The fourth-order valence-electron chi connectivity index (χ4n) is 3.77. The zero-order valence-corrected chi connectivity index (χ0v) is 11.8. The van der Waals surface area contributed by atoms with E-state index in [1.807, 2.05) is 0 Å². The quantitative estimate of drug-likeness (QED) is 0.683. The molecule has 1 unspecified atom stereocenters. The Balaban J connectivity index is 3.28. The maximum Gasteiger partial charge on any atom is 0.159 e. The van der Waals surface area contributed by atoms with E-state index >= 15 is 0 Å². The Labute approximate surface area is 100 Å². The van der Waals surface area contributed by atoms with E-state index in [0.29, 0.717) is 30.0 Å². The van der Waals surface area contributed by atoms with Gasteiger partial charge in [-0.2, -0.15) is 0 Å². The summed E-state index contributed by atoms with van der Waals surface area (Å²) >= 11 is 0. The summed E-state index contributed by atoms with van der Waals surface area (Å²) in [6.45, 7) is 15.4. The minimum absolute atomic E-state index is 0.119. The van der Waals surface area contributed by atoms with Crippen LogP contribution in [0.3, 0.4) is 0 Å². The van der Waals surface area contributed by atoms with Gasteiger partial charge in [0, 0.05) is 6.42 Å². The van der Waals surface area contributed by atoms with Crippen molar-refractivity contribution in [1.29, 1.82) is 0 Å². The first-order valence-electron chi connectivity index (χ1n) is 6.42. The fraction of sp³-hybridized carbons (Fsp3) is 0.800. The minimum atomic E-state index is 0.119. The number of Topliss-reactive ketones (excluding diaryl/α,β-unsaturated/α-hetero) is 1. The van der Waals surface area contributed by atoms with Crippen LogP contribution in [0.15, 0.2) is 11.1 Å². The highest BCUT2D eigenvalue weighted by Crippen LogP contribution is 2.47. The van der Waals surface area contributed by atoms with Crippen LogP contribution in [-0.2, 0) is 4.79 Å². The van der Waals surface area contributed by atoms with E-state index in [-0.39, 0.29) is 5.41 Å². The molecule has 0 N–H and O–H groups in total. The second-order valence-corrected chi connectivity index (χ2v) is 6.56. The number of carbonyl (C=O) groups excluding carboxylic acids is 1. The topological polar surface area (TPSA) is 17.1 Å². The number of allylic oxidation sites excluding steroid dienone is 2. The van der Waals surface area contributed by atoms with Crippen LogP contribution in [0.2, 0.25) is 0 Å². The van der Waals surface area contributed by atoms with Crippen LogP contribution in [0, 0.1) is 23.2 Å². The molecule has 0 aromatic rings. The van der Waals surface area contributed by atoms with Crippen molar-refractivity contribution in [3.63, 3.8) is 0 Å². The number of rotatable bonds is 2. The molecule has 0 fully saturated rings. The molecule has 16 heavy (non-hydrogen) atoms. The van der Waals surface area contributed by atoms with Crippen molar-refractivity contribution >= 4 is 5.78 Å². The van der Waals surface area contributed by atoms with Gasteiger partial charge < -0.3 is 0 Å². The molecule has 0 saturated carbocycles. The summed E-state index contributed by atoms with van der Waals surface area (Å²) in [6.07, 6.45) is 0.709. The Hall–Kier alpha value is -0.590.